The summed E-state index contributed by atoms with van der Waals surface area (Å²) >= 11 is 0. The second-order valence-electron chi connectivity index (χ2n) is 5.87. The first-order valence-corrected chi connectivity index (χ1v) is 7.48. The third-order valence-electron chi connectivity index (χ3n) is 3.75. The van der Waals surface area contributed by atoms with E-state index in [0.717, 1.165) is 24.3 Å². The largest absolute Gasteiger partial charge is 0.477 e. The van der Waals surface area contributed by atoms with Crippen molar-refractivity contribution < 1.29 is 14.6 Å². The van der Waals surface area contributed by atoms with Gasteiger partial charge in [-0.2, -0.15) is 0 Å². The first-order chi connectivity index (χ1) is 10.6. The molecular formula is C15H20N4O3. The van der Waals surface area contributed by atoms with E-state index in [1.165, 1.54) is 6.33 Å². The zero-order valence-electron chi connectivity index (χ0n) is 12.8. The zero-order valence-corrected chi connectivity index (χ0v) is 12.8. The molecule has 7 heteroatoms. The Balaban J connectivity index is 2.13. The van der Waals surface area contributed by atoms with E-state index in [2.05, 4.69) is 28.7 Å². The van der Waals surface area contributed by atoms with Crippen molar-refractivity contribution in [3.63, 3.8) is 0 Å². The molecule has 0 amide bonds. The highest BCUT2D eigenvalue weighted by molar-refractivity contribution is 5.97. The first kappa shape index (κ1) is 14.8. The van der Waals surface area contributed by atoms with Crippen molar-refractivity contribution >= 4 is 22.8 Å². The van der Waals surface area contributed by atoms with Crippen molar-refractivity contribution in [1.82, 2.24) is 14.5 Å². The molecular weight excluding hydrogens is 284 g/mol. The third-order valence-corrected chi connectivity index (χ3v) is 3.75. The average Bonchev–Trinajstić information content (AvgIpc) is 2.86. The fourth-order valence-electron chi connectivity index (χ4n) is 2.80. The minimum absolute atomic E-state index is 0.263. The maximum absolute atomic E-state index is 11.6. The van der Waals surface area contributed by atoms with Crippen LogP contribution in [0.3, 0.4) is 0 Å². The van der Waals surface area contributed by atoms with E-state index in [9.17, 15) is 9.90 Å². The van der Waals surface area contributed by atoms with Gasteiger partial charge in [0.25, 0.3) is 0 Å². The number of hydrogen-bond donors (Lipinski definition) is 1. The van der Waals surface area contributed by atoms with Gasteiger partial charge in [0.15, 0.2) is 0 Å². The summed E-state index contributed by atoms with van der Waals surface area (Å²) in [6.45, 7) is 7.55. The Bertz CT molecular complexity index is 689. The van der Waals surface area contributed by atoms with Crippen molar-refractivity contribution in [2.45, 2.75) is 20.4 Å². The van der Waals surface area contributed by atoms with Gasteiger partial charge >= 0.3 is 5.97 Å². The number of carboxylic acids is 1. The van der Waals surface area contributed by atoms with Gasteiger partial charge in [0.05, 0.1) is 18.6 Å². The van der Waals surface area contributed by atoms with Crippen LogP contribution in [0.2, 0.25) is 0 Å². The molecule has 2 aromatic heterocycles. The van der Waals surface area contributed by atoms with Gasteiger partial charge < -0.3 is 19.3 Å². The highest BCUT2D eigenvalue weighted by atomic mass is 16.5. The van der Waals surface area contributed by atoms with E-state index in [1.807, 2.05) is 0 Å². The van der Waals surface area contributed by atoms with Gasteiger partial charge in [0.1, 0.15) is 23.5 Å². The maximum Gasteiger partial charge on any atom is 0.352 e. The Morgan fingerprint density at radius 3 is 2.73 bits per heavy atom. The monoisotopic (exact) mass is 304 g/mol. The highest BCUT2D eigenvalue weighted by Gasteiger charge is 2.22. The average molecular weight is 304 g/mol. The van der Waals surface area contributed by atoms with Gasteiger partial charge in [-0.05, 0) is 12.0 Å². The fourth-order valence-corrected chi connectivity index (χ4v) is 2.80. The molecule has 0 aromatic carbocycles. The van der Waals surface area contributed by atoms with E-state index < -0.39 is 5.97 Å². The number of hydrogen-bond acceptors (Lipinski definition) is 5. The number of carbonyl (C=O) groups is 1. The standard InChI is InChI=1S/C15H20N4O3/c1-10(2)8-19-12(15(20)21)7-11-13(16-9-17-14(11)19)18-3-5-22-6-4-18/h7,9-10H,3-6,8H2,1-2H3,(H,20,21). The fraction of sp³-hybridized carbons (Fsp3) is 0.533. The summed E-state index contributed by atoms with van der Waals surface area (Å²) < 4.78 is 7.14. The van der Waals surface area contributed by atoms with Crippen LogP contribution >= 0.6 is 0 Å². The van der Waals surface area contributed by atoms with Gasteiger partial charge in [-0.3, -0.25) is 0 Å². The summed E-state index contributed by atoms with van der Waals surface area (Å²) in [4.78, 5) is 22.4. The number of morpholine rings is 1. The molecule has 0 radical (unpaired) electrons. The smallest absolute Gasteiger partial charge is 0.352 e. The Morgan fingerprint density at radius 1 is 1.36 bits per heavy atom. The minimum atomic E-state index is -0.938. The molecule has 1 aliphatic heterocycles. The van der Waals surface area contributed by atoms with Crippen LogP contribution in [0, 0.1) is 5.92 Å². The Kier molecular flexibility index (Phi) is 3.98. The molecule has 3 rings (SSSR count). The molecule has 118 valence electrons. The lowest BCUT2D eigenvalue weighted by molar-refractivity contribution is 0.0685. The summed E-state index contributed by atoms with van der Waals surface area (Å²) in [7, 11) is 0. The van der Waals surface area contributed by atoms with E-state index in [-0.39, 0.29) is 5.69 Å². The molecule has 1 saturated heterocycles. The number of anilines is 1. The quantitative estimate of drug-likeness (QED) is 0.924. The van der Waals surface area contributed by atoms with Crippen molar-refractivity contribution in [2.24, 2.45) is 5.92 Å². The number of rotatable bonds is 4. The molecule has 3 heterocycles. The van der Waals surface area contributed by atoms with Crippen LogP contribution in [-0.4, -0.2) is 51.9 Å². The number of aromatic nitrogens is 3. The summed E-state index contributed by atoms with van der Waals surface area (Å²) in [5.74, 6) is 0.181. The van der Waals surface area contributed by atoms with Crippen molar-refractivity contribution in [2.75, 3.05) is 31.2 Å². The molecule has 1 aliphatic rings. The zero-order chi connectivity index (χ0) is 15.7. The molecule has 0 bridgehead atoms. The van der Waals surface area contributed by atoms with E-state index in [0.29, 0.717) is 31.3 Å². The predicted octanol–water partition coefficient (Wildman–Crippen LogP) is 1.62. The molecule has 7 nitrogen and oxygen atoms in total. The number of nitrogens with zero attached hydrogens (tertiary/aromatic N) is 4. The topological polar surface area (TPSA) is 80.5 Å². The van der Waals surface area contributed by atoms with Crippen LogP contribution < -0.4 is 4.90 Å². The number of fused-ring (bicyclic) bond motifs is 1. The molecule has 0 saturated carbocycles. The van der Waals surface area contributed by atoms with Crippen molar-refractivity contribution in [1.29, 1.82) is 0 Å². The molecule has 2 aromatic rings. The van der Waals surface area contributed by atoms with Crippen LogP contribution in [0.15, 0.2) is 12.4 Å². The van der Waals surface area contributed by atoms with Gasteiger partial charge in [-0.25, -0.2) is 14.8 Å². The Hall–Kier alpha value is -2.15. The minimum Gasteiger partial charge on any atom is -0.477 e. The number of ether oxygens (including phenoxy) is 1. The van der Waals surface area contributed by atoms with Crippen LogP contribution in [0.25, 0.3) is 11.0 Å². The highest BCUT2D eigenvalue weighted by Crippen LogP contribution is 2.27. The normalized spacial score (nSPS) is 15.7. The lowest BCUT2D eigenvalue weighted by Crippen LogP contribution is -2.36. The van der Waals surface area contributed by atoms with Gasteiger partial charge in [0.2, 0.25) is 0 Å². The molecule has 0 aliphatic carbocycles. The lowest BCUT2D eigenvalue weighted by atomic mass is 10.2. The predicted molar refractivity (Wildman–Crippen MR) is 82.4 cm³/mol. The van der Waals surface area contributed by atoms with E-state index in [1.54, 1.807) is 10.6 Å². The molecule has 1 fully saturated rings. The second kappa shape index (κ2) is 5.92. The number of carboxylic acid groups (broad SMARTS) is 1. The SMILES string of the molecule is CC(C)Cn1c(C(=O)O)cc2c(N3CCOCC3)ncnc21. The van der Waals surface area contributed by atoms with Crippen LogP contribution in [0.1, 0.15) is 24.3 Å². The molecule has 22 heavy (non-hydrogen) atoms. The van der Waals surface area contributed by atoms with Crippen LogP contribution in [-0.2, 0) is 11.3 Å². The van der Waals surface area contributed by atoms with Crippen molar-refractivity contribution in [3.8, 4) is 0 Å². The van der Waals surface area contributed by atoms with E-state index in [4.69, 9.17) is 4.74 Å². The summed E-state index contributed by atoms with van der Waals surface area (Å²) in [6.07, 6.45) is 1.51. The molecule has 0 spiro atoms. The summed E-state index contributed by atoms with van der Waals surface area (Å²) in [5, 5.41) is 10.3. The van der Waals surface area contributed by atoms with E-state index >= 15 is 0 Å². The lowest BCUT2D eigenvalue weighted by Gasteiger charge is -2.28. The van der Waals surface area contributed by atoms with Gasteiger partial charge in [0, 0.05) is 19.6 Å². The summed E-state index contributed by atoms with van der Waals surface area (Å²) in [5.41, 5.74) is 0.946. The molecule has 0 atom stereocenters. The second-order valence-corrected chi connectivity index (χ2v) is 5.87. The third kappa shape index (κ3) is 2.64. The molecule has 0 unspecified atom stereocenters. The maximum atomic E-state index is 11.6. The Morgan fingerprint density at radius 2 is 2.09 bits per heavy atom. The first-order valence-electron chi connectivity index (χ1n) is 7.48. The van der Waals surface area contributed by atoms with Crippen molar-refractivity contribution in [3.05, 3.63) is 18.1 Å². The van der Waals surface area contributed by atoms with Gasteiger partial charge in [-0.1, -0.05) is 13.8 Å². The summed E-state index contributed by atoms with van der Waals surface area (Å²) in [6, 6.07) is 1.69. The molecule has 1 N–H and O–H groups in total. The number of aromatic carboxylic acids is 1. The van der Waals surface area contributed by atoms with Crippen LogP contribution in [0.5, 0.6) is 0 Å². The van der Waals surface area contributed by atoms with Crippen LogP contribution in [0.4, 0.5) is 5.82 Å². The Labute approximate surface area is 128 Å². The van der Waals surface area contributed by atoms with Gasteiger partial charge in [-0.15, -0.1) is 0 Å².